The number of aromatic nitrogens is 4. The highest BCUT2D eigenvalue weighted by molar-refractivity contribution is 6.31. The molecule has 2 heterocycles. The molecule has 6 heteroatoms. The van der Waals surface area contributed by atoms with Gasteiger partial charge in [0.15, 0.2) is 0 Å². The highest BCUT2D eigenvalue weighted by Crippen LogP contribution is 2.20. The Hall–Kier alpha value is -1.33. The molecule has 0 aliphatic rings. The lowest BCUT2D eigenvalue weighted by molar-refractivity contribution is 0.584. The van der Waals surface area contributed by atoms with E-state index in [0.29, 0.717) is 6.54 Å². The Labute approximate surface area is 105 Å². The predicted octanol–water partition coefficient (Wildman–Crippen LogP) is 1.35. The molecule has 0 bridgehead atoms. The molecule has 17 heavy (non-hydrogen) atoms. The maximum atomic E-state index is 6.22. The summed E-state index contributed by atoms with van der Waals surface area (Å²) in [7, 11) is 3.81. The van der Waals surface area contributed by atoms with Gasteiger partial charge in [-0.2, -0.15) is 10.2 Å². The van der Waals surface area contributed by atoms with Crippen LogP contribution in [0.25, 0.3) is 0 Å². The molecule has 0 saturated heterocycles. The van der Waals surface area contributed by atoms with Crippen molar-refractivity contribution in [1.82, 2.24) is 24.9 Å². The zero-order valence-electron chi connectivity index (χ0n) is 10.2. The van der Waals surface area contributed by atoms with Gasteiger partial charge >= 0.3 is 0 Å². The lowest BCUT2D eigenvalue weighted by Crippen LogP contribution is -2.14. The van der Waals surface area contributed by atoms with E-state index in [4.69, 9.17) is 11.6 Å². The minimum absolute atomic E-state index is 0.639. The van der Waals surface area contributed by atoms with Crippen molar-refractivity contribution in [2.45, 2.75) is 20.0 Å². The molecule has 0 aliphatic heterocycles. The number of rotatable bonds is 4. The Kier molecular flexibility index (Phi) is 3.49. The van der Waals surface area contributed by atoms with Gasteiger partial charge in [0.05, 0.1) is 28.6 Å². The van der Waals surface area contributed by atoms with Gasteiger partial charge in [0.1, 0.15) is 0 Å². The van der Waals surface area contributed by atoms with Gasteiger partial charge < -0.3 is 5.32 Å². The molecular formula is C11H16ClN5. The van der Waals surface area contributed by atoms with Crippen molar-refractivity contribution in [2.75, 3.05) is 7.05 Å². The van der Waals surface area contributed by atoms with E-state index in [0.717, 1.165) is 28.6 Å². The van der Waals surface area contributed by atoms with Gasteiger partial charge in [0.25, 0.3) is 0 Å². The summed E-state index contributed by atoms with van der Waals surface area (Å²) in [5.74, 6) is 0. The SMILES string of the molecule is CNCc1ccnn1Cc1c(Cl)c(C)nn1C. The number of hydrogen-bond acceptors (Lipinski definition) is 3. The summed E-state index contributed by atoms with van der Waals surface area (Å²) < 4.78 is 3.74. The zero-order valence-corrected chi connectivity index (χ0v) is 11.0. The van der Waals surface area contributed by atoms with Gasteiger partial charge in [0, 0.05) is 19.8 Å². The summed E-state index contributed by atoms with van der Waals surface area (Å²) in [6.07, 6.45) is 1.80. The van der Waals surface area contributed by atoms with Crippen LogP contribution in [-0.2, 0) is 20.1 Å². The van der Waals surface area contributed by atoms with Crippen LogP contribution in [0.15, 0.2) is 12.3 Å². The van der Waals surface area contributed by atoms with Gasteiger partial charge in [-0.1, -0.05) is 11.6 Å². The van der Waals surface area contributed by atoms with Gasteiger partial charge in [-0.3, -0.25) is 9.36 Å². The van der Waals surface area contributed by atoms with Crippen LogP contribution in [0.1, 0.15) is 17.1 Å². The van der Waals surface area contributed by atoms with Crippen molar-refractivity contribution in [3.05, 3.63) is 34.4 Å². The molecule has 0 aliphatic carbocycles. The van der Waals surface area contributed by atoms with Crippen LogP contribution < -0.4 is 5.32 Å². The zero-order chi connectivity index (χ0) is 12.4. The molecule has 0 spiro atoms. The first-order valence-corrected chi connectivity index (χ1v) is 5.84. The second-order valence-electron chi connectivity index (χ2n) is 3.98. The molecule has 92 valence electrons. The molecule has 0 fully saturated rings. The van der Waals surface area contributed by atoms with Crippen LogP contribution in [0.5, 0.6) is 0 Å². The van der Waals surface area contributed by atoms with Crippen molar-refractivity contribution in [3.8, 4) is 0 Å². The van der Waals surface area contributed by atoms with Crippen LogP contribution in [0, 0.1) is 6.92 Å². The molecule has 1 N–H and O–H groups in total. The fraction of sp³-hybridized carbons (Fsp3) is 0.455. The molecule has 2 rings (SSSR count). The highest BCUT2D eigenvalue weighted by Gasteiger charge is 2.13. The first-order valence-electron chi connectivity index (χ1n) is 5.46. The third-order valence-corrected chi connectivity index (χ3v) is 3.22. The summed E-state index contributed by atoms with van der Waals surface area (Å²) in [5.41, 5.74) is 2.96. The monoisotopic (exact) mass is 253 g/mol. The molecule has 0 amide bonds. The summed E-state index contributed by atoms with van der Waals surface area (Å²) >= 11 is 6.22. The number of halogens is 1. The van der Waals surface area contributed by atoms with Crippen LogP contribution >= 0.6 is 11.6 Å². The first kappa shape index (κ1) is 12.1. The van der Waals surface area contributed by atoms with Crippen molar-refractivity contribution in [2.24, 2.45) is 7.05 Å². The molecule has 5 nitrogen and oxygen atoms in total. The molecular weight excluding hydrogens is 238 g/mol. The van der Waals surface area contributed by atoms with E-state index in [1.54, 1.807) is 6.20 Å². The van der Waals surface area contributed by atoms with Crippen molar-refractivity contribution in [1.29, 1.82) is 0 Å². The predicted molar refractivity (Wildman–Crippen MR) is 67.0 cm³/mol. The van der Waals surface area contributed by atoms with Crippen molar-refractivity contribution >= 4 is 11.6 Å². The standard InChI is InChI=1S/C11H16ClN5/c1-8-11(12)10(16(3)15-8)7-17-9(6-13-2)4-5-14-17/h4-5,13H,6-7H2,1-3H3. The summed E-state index contributed by atoms with van der Waals surface area (Å²) in [6.45, 7) is 3.33. The van der Waals surface area contributed by atoms with E-state index in [9.17, 15) is 0 Å². The third-order valence-electron chi connectivity index (χ3n) is 2.72. The highest BCUT2D eigenvalue weighted by atomic mass is 35.5. The second-order valence-corrected chi connectivity index (χ2v) is 4.36. The van der Waals surface area contributed by atoms with Gasteiger partial charge in [-0.15, -0.1) is 0 Å². The van der Waals surface area contributed by atoms with Gasteiger partial charge in [-0.05, 0) is 20.0 Å². The Morgan fingerprint density at radius 2 is 2.24 bits per heavy atom. The largest absolute Gasteiger partial charge is 0.314 e. The fourth-order valence-corrected chi connectivity index (χ4v) is 2.05. The van der Waals surface area contributed by atoms with Gasteiger partial charge in [-0.25, -0.2) is 0 Å². The minimum atomic E-state index is 0.639. The third kappa shape index (κ3) is 2.35. The fourth-order valence-electron chi connectivity index (χ4n) is 1.83. The van der Waals surface area contributed by atoms with Gasteiger partial charge in [0.2, 0.25) is 0 Å². The molecule has 0 aromatic carbocycles. The van der Waals surface area contributed by atoms with Crippen LogP contribution in [0.3, 0.4) is 0 Å². The molecule has 0 saturated carbocycles. The van der Waals surface area contributed by atoms with Crippen LogP contribution in [-0.4, -0.2) is 26.6 Å². The summed E-state index contributed by atoms with van der Waals surface area (Å²) in [4.78, 5) is 0. The number of nitrogens with one attached hydrogen (secondary N) is 1. The quantitative estimate of drug-likeness (QED) is 0.895. The normalized spacial score (nSPS) is 11.1. The Balaban J connectivity index is 2.28. The van der Waals surface area contributed by atoms with E-state index < -0.39 is 0 Å². The summed E-state index contributed by atoms with van der Waals surface area (Å²) in [6, 6.07) is 1.99. The first-order chi connectivity index (χ1) is 8.13. The lowest BCUT2D eigenvalue weighted by atomic mass is 10.3. The van der Waals surface area contributed by atoms with E-state index in [-0.39, 0.29) is 0 Å². The Morgan fingerprint density at radius 1 is 1.47 bits per heavy atom. The minimum Gasteiger partial charge on any atom is -0.314 e. The van der Waals surface area contributed by atoms with E-state index in [1.165, 1.54) is 0 Å². The van der Waals surface area contributed by atoms with Crippen LogP contribution in [0.2, 0.25) is 5.02 Å². The van der Waals surface area contributed by atoms with E-state index in [1.807, 2.05) is 36.4 Å². The number of hydrogen-bond donors (Lipinski definition) is 1. The molecule has 0 radical (unpaired) electrons. The smallest absolute Gasteiger partial charge is 0.0866 e. The average Bonchev–Trinajstić information content (AvgIpc) is 2.81. The molecule has 2 aromatic heterocycles. The van der Waals surface area contributed by atoms with E-state index in [2.05, 4.69) is 15.5 Å². The lowest BCUT2D eigenvalue weighted by Gasteiger charge is -2.08. The second kappa shape index (κ2) is 4.89. The Morgan fingerprint density at radius 3 is 2.82 bits per heavy atom. The topological polar surface area (TPSA) is 47.7 Å². The van der Waals surface area contributed by atoms with Crippen LogP contribution in [0.4, 0.5) is 0 Å². The summed E-state index contributed by atoms with van der Waals surface area (Å²) in [5, 5.41) is 12.4. The molecule has 0 unspecified atom stereocenters. The molecule has 0 atom stereocenters. The number of aryl methyl sites for hydroxylation is 2. The Bertz CT molecular complexity index is 514. The maximum Gasteiger partial charge on any atom is 0.0866 e. The molecule has 2 aromatic rings. The van der Waals surface area contributed by atoms with E-state index >= 15 is 0 Å². The maximum absolute atomic E-state index is 6.22. The van der Waals surface area contributed by atoms with Crippen molar-refractivity contribution < 1.29 is 0 Å². The number of nitrogens with zero attached hydrogens (tertiary/aromatic N) is 4. The van der Waals surface area contributed by atoms with Crippen molar-refractivity contribution in [3.63, 3.8) is 0 Å². The average molecular weight is 254 g/mol.